The minimum Gasteiger partial charge on any atom is -0.357 e. The fourth-order valence-electron chi connectivity index (χ4n) is 2.56. The van der Waals surface area contributed by atoms with Crippen molar-refractivity contribution in [1.29, 1.82) is 0 Å². The number of amides is 2. The number of aryl methyl sites for hydroxylation is 1. The molecule has 0 radical (unpaired) electrons. The lowest BCUT2D eigenvalue weighted by Crippen LogP contribution is -2.47. The summed E-state index contributed by atoms with van der Waals surface area (Å²) in [6.45, 7) is 4.04. The van der Waals surface area contributed by atoms with Crippen LogP contribution in [-0.4, -0.2) is 29.8 Å². The summed E-state index contributed by atoms with van der Waals surface area (Å²) in [5.74, 6) is -0.741. The van der Waals surface area contributed by atoms with Crippen molar-refractivity contribution >= 4 is 11.8 Å². The minimum atomic E-state index is -0.598. The molecule has 1 N–H and O–H groups in total. The molecule has 2 aromatic carbocycles. The van der Waals surface area contributed by atoms with Crippen LogP contribution in [0.3, 0.4) is 0 Å². The van der Waals surface area contributed by atoms with Crippen LogP contribution < -0.4 is 5.32 Å². The second-order valence-corrected chi connectivity index (χ2v) is 6.10. The Labute approximate surface area is 147 Å². The number of nitrogens with zero attached hydrogens (tertiary/aromatic N) is 1. The topological polar surface area (TPSA) is 49.4 Å². The van der Waals surface area contributed by atoms with Crippen molar-refractivity contribution in [3.05, 3.63) is 71.0 Å². The van der Waals surface area contributed by atoms with Gasteiger partial charge in [0.1, 0.15) is 11.9 Å². The van der Waals surface area contributed by atoms with Gasteiger partial charge in [-0.05, 0) is 37.1 Å². The largest absolute Gasteiger partial charge is 0.357 e. The summed E-state index contributed by atoms with van der Waals surface area (Å²) >= 11 is 0. The number of carbonyl (C=O) groups excluding carboxylic acids is 2. The lowest BCUT2D eigenvalue weighted by Gasteiger charge is -2.28. The Morgan fingerprint density at radius 3 is 2.16 bits per heavy atom. The molecule has 2 aromatic rings. The number of rotatable bonds is 6. The van der Waals surface area contributed by atoms with E-state index in [0.717, 1.165) is 11.1 Å². The van der Waals surface area contributed by atoms with Crippen molar-refractivity contribution in [2.45, 2.75) is 32.9 Å². The Bertz CT molecular complexity index is 726. The summed E-state index contributed by atoms with van der Waals surface area (Å²) in [7, 11) is 1.55. The van der Waals surface area contributed by atoms with Gasteiger partial charge in [-0.3, -0.25) is 9.59 Å². The molecule has 4 nitrogen and oxygen atoms in total. The van der Waals surface area contributed by atoms with Gasteiger partial charge in [0.25, 0.3) is 0 Å². The van der Waals surface area contributed by atoms with E-state index in [1.54, 1.807) is 31.0 Å². The van der Waals surface area contributed by atoms with Gasteiger partial charge >= 0.3 is 0 Å². The van der Waals surface area contributed by atoms with Gasteiger partial charge in [-0.25, -0.2) is 4.39 Å². The van der Waals surface area contributed by atoms with Crippen LogP contribution in [0.5, 0.6) is 0 Å². The molecule has 0 aliphatic rings. The maximum Gasteiger partial charge on any atom is 0.242 e. The Morgan fingerprint density at radius 2 is 1.60 bits per heavy atom. The molecule has 0 bridgehead atoms. The summed E-state index contributed by atoms with van der Waals surface area (Å²) in [5.41, 5.74) is 2.80. The average Bonchev–Trinajstić information content (AvgIpc) is 2.61. The fourth-order valence-corrected chi connectivity index (χ4v) is 2.56. The summed E-state index contributed by atoms with van der Waals surface area (Å²) in [5, 5.41) is 2.58. The molecule has 5 heteroatoms. The van der Waals surface area contributed by atoms with Crippen LogP contribution in [0.15, 0.2) is 48.5 Å². The Kier molecular flexibility index (Phi) is 6.28. The van der Waals surface area contributed by atoms with Crippen molar-refractivity contribution in [2.75, 3.05) is 7.05 Å². The molecule has 0 spiro atoms. The number of benzene rings is 2. The third-order valence-corrected chi connectivity index (χ3v) is 4.16. The molecule has 0 heterocycles. The van der Waals surface area contributed by atoms with Crippen molar-refractivity contribution in [2.24, 2.45) is 0 Å². The third-order valence-electron chi connectivity index (χ3n) is 4.16. The van der Waals surface area contributed by atoms with Crippen LogP contribution in [-0.2, 0) is 22.6 Å². The molecule has 2 rings (SSSR count). The minimum absolute atomic E-state index is 0.119. The van der Waals surface area contributed by atoms with Crippen LogP contribution in [0.2, 0.25) is 0 Å². The average molecular weight is 342 g/mol. The second-order valence-electron chi connectivity index (χ2n) is 6.10. The molecule has 0 aromatic heterocycles. The van der Waals surface area contributed by atoms with E-state index in [1.165, 1.54) is 12.1 Å². The van der Waals surface area contributed by atoms with Crippen molar-refractivity contribution in [3.8, 4) is 0 Å². The lowest BCUT2D eigenvalue weighted by atomic mass is 10.1. The zero-order chi connectivity index (χ0) is 18.4. The van der Waals surface area contributed by atoms with E-state index in [4.69, 9.17) is 0 Å². The highest BCUT2D eigenvalue weighted by molar-refractivity contribution is 5.88. The van der Waals surface area contributed by atoms with Crippen LogP contribution in [0.1, 0.15) is 23.6 Å². The van der Waals surface area contributed by atoms with Crippen LogP contribution in [0.25, 0.3) is 0 Å². The van der Waals surface area contributed by atoms with Gasteiger partial charge in [0, 0.05) is 13.6 Å². The SMILES string of the molecule is CNC(=O)C(C)N(Cc1ccc(C)cc1)C(=O)Cc1ccc(F)cc1. The van der Waals surface area contributed by atoms with Gasteiger partial charge in [0.05, 0.1) is 6.42 Å². The van der Waals surface area contributed by atoms with Crippen LogP contribution >= 0.6 is 0 Å². The molecule has 25 heavy (non-hydrogen) atoms. The summed E-state index contributed by atoms with van der Waals surface area (Å²) < 4.78 is 13.0. The van der Waals surface area contributed by atoms with Crippen molar-refractivity contribution < 1.29 is 14.0 Å². The van der Waals surface area contributed by atoms with Crippen molar-refractivity contribution in [3.63, 3.8) is 0 Å². The van der Waals surface area contributed by atoms with E-state index in [-0.39, 0.29) is 24.1 Å². The fraction of sp³-hybridized carbons (Fsp3) is 0.300. The van der Waals surface area contributed by atoms with Gasteiger partial charge in [0.2, 0.25) is 11.8 Å². The molecule has 0 saturated heterocycles. The quantitative estimate of drug-likeness (QED) is 0.878. The highest BCUT2D eigenvalue weighted by atomic mass is 19.1. The Balaban J connectivity index is 2.20. The Hall–Kier alpha value is -2.69. The molecule has 0 aliphatic carbocycles. The van der Waals surface area contributed by atoms with Crippen LogP contribution in [0, 0.1) is 12.7 Å². The predicted molar refractivity (Wildman–Crippen MR) is 95.4 cm³/mol. The van der Waals surface area contributed by atoms with Gasteiger partial charge in [-0.1, -0.05) is 42.0 Å². The maximum absolute atomic E-state index is 13.0. The molecule has 132 valence electrons. The monoisotopic (exact) mass is 342 g/mol. The summed E-state index contributed by atoms with van der Waals surface area (Å²) in [6.07, 6.45) is 0.119. The normalized spacial score (nSPS) is 11.7. The predicted octanol–water partition coefficient (Wildman–Crippen LogP) is 2.84. The summed E-state index contributed by atoms with van der Waals surface area (Å²) in [6, 6.07) is 13.1. The van der Waals surface area contributed by atoms with Gasteiger partial charge in [-0.15, -0.1) is 0 Å². The molecular weight excluding hydrogens is 319 g/mol. The first-order valence-electron chi connectivity index (χ1n) is 8.21. The zero-order valence-electron chi connectivity index (χ0n) is 14.8. The first-order chi connectivity index (χ1) is 11.9. The molecule has 2 amide bonds. The van der Waals surface area contributed by atoms with E-state index < -0.39 is 6.04 Å². The Morgan fingerprint density at radius 1 is 1.04 bits per heavy atom. The zero-order valence-corrected chi connectivity index (χ0v) is 14.8. The number of hydrogen-bond acceptors (Lipinski definition) is 2. The first-order valence-corrected chi connectivity index (χ1v) is 8.21. The van der Waals surface area contributed by atoms with Gasteiger partial charge < -0.3 is 10.2 Å². The molecule has 1 atom stereocenters. The first kappa shape index (κ1) is 18.6. The van der Waals surface area contributed by atoms with Crippen molar-refractivity contribution in [1.82, 2.24) is 10.2 Å². The van der Waals surface area contributed by atoms with Gasteiger partial charge in [-0.2, -0.15) is 0 Å². The molecule has 0 fully saturated rings. The smallest absolute Gasteiger partial charge is 0.242 e. The van der Waals surface area contributed by atoms with E-state index in [1.807, 2.05) is 31.2 Å². The second kappa shape index (κ2) is 8.42. The van der Waals surface area contributed by atoms with Gasteiger partial charge in [0.15, 0.2) is 0 Å². The number of likely N-dealkylation sites (N-methyl/N-ethyl adjacent to an activating group) is 1. The van der Waals surface area contributed by atoms with E-state index in [0.29, 0.717) is 12.1 Å². The summed E-state index contributed by atoms with van der Waals surface area (Å²) in [4.78, 5) is 26.4. The maximum atomic E-state index is 13.0. The highest BCUT2D eigenvalue weighted by Crippen LogP contribution is 2.13. The standard InChI is InChI=1S/C20H23FN2O2/c1-14-4-6-17(7-5-14)13-23(15(2)20(25)22-3)19(24)12-16-8-10-18(21)11-9-16/h4-11,15H,12-13H2,1-3H3,(H,22,25). The lowest BCUT2D eigenvalue weighted by molar-refractivity contribution is -0.139. The number of hydrogen-bond donors (Lipinski definition) is 1. The van der Waals surface area contributed by atoms with E-state index in [9.17, 15) is 14.0 Å². The highest BCUT2D eigenvalue weighted by Gasteiger charge is 2.25. The molecular formula is C20H23FN2O2. The third kappa shape index (κ3) is 5.14. The van der Waals surface area contributed by atoms with E-state index in [2.05, 4.69) is 5.32 Å². The number of halogens is 1. The van der Waals surface area contributed by atoms with E-state index >= 15 is 0 Å². The molecule has 1 unspecified atom stereocenters. The van der Waals surface area contributed by atoms with Crippen LogP contribution in [0.4, 0.5) is 4.39 Å². The number of nitrogens with one attached hydrogen (secondary N) is 1. The number of carbonyl (C=O) groups is 2. The molecule has 0 saturated carbocycles. The molecule has 0 aliphatic heterocycles.